The molecule has 25 heavy (non-hydrogen) atoms. The van der Waals surface area contributed by atoms with Crippen LogP contribution < -0.4 is 0 Å². The largest absolute Gasteiger partial charge is 0.416 e. The van der Waals surface area contributed by atoms with Gasteiger partial charge in [0.25, 0.3) is 0 Å². The Kier molecular flexibility index (Phi) is 5.38. The molecule has 3 rings (SSSR count). The van der Waals surface area contributed by atoms with Crippen molar-refractivity contribution in [1.29, 1.82) is 0 Å². The van der Waals surface area contributed by atoms with Crippen LogP contribution in [0.15, 0.2) is 59.7 Å². The Bertz CT molecular complexity index is 688. The number of nitrogens with zero attached hydrogens (tertiary/aromatic N) is 3. The third-order valence-corrected chi connectivity index (χ3v) is 4.21. The first-order valence-electron chi connectivity index (χ1n) is 8.23. The number of piperazine rings is 1. The van der Waals surface area contributed by atoms with Crippen molar-refractivity contribution >= 4 is 6.21 Å². The average Bonchev–Trinajstić information content (AvgIpc) is 2.62. The van der Waals surface area contributed by atoms with Crippen LogP contribution in [0.4, 0.5) is 13.2 Å². The molecule has 0 amide bonds. The minimum absolute atomic E-state index is 0.640. The van der Waals surface area contributed by atoms with Crippen LogP contribution in [0.3, 0.4) is 0 Å². The van der Waals surface area contributed by atoms with E-state index in [0.717, 1.165) is 44.9 Å². The van der Waals surface area contributed by atoms with Crippen molar-refractivity contribution in [3.05, 3.63) is 71.3 Å². The van der Waals surface area contributed by atoms with Crippen LogP contribution in [0, 0.1) is 0 Å². The predicted molar refractivity (Wildman–Crippen MR) is 92.3 cm³/mol. The number of hydrazone groups is 1. The van der Waals surface area contributed by atoms with Crippen LogP contribution in [0.1, 0.15) is 16.7 Å². The third kappa shape index (κ3) is 5.06. The van der Waals surface area contributed by atoms with E-state index in [1.807, 2.05) is 23.2 Å². The molecule has 3 nitrogen and oxygen atoms in total. The molecule has 0 N–H and O–H groups in total. The van der Waals surface area contributed by atoms with E-state index in [9.17, 15) is 13.2 Å². The first-order valence-corrected chi connectivity index (χ1v) is 8.23. The number of benzene rings is 2. The van der Waals surface area contributed by atoms with Crippen molar-refractivity contribution in [2.75, 3.05) is 26.2 Å². The van der Waals surface area contributed by atoms with Gasteiger partial charge in [-0.15, -0.1) is 0 Å². The summed E-state index contributed by atoms with van der Waals surface area (Å²) in [4.78, 5) is 2.37. The number of hydrogen-bond donors (Lipinski definition) is 0. The zero-order valence-electron chi connectivity index (χ0n) is 13.8. The molecular formula is C19H20F3N3. The van der Waals surface area contributed by atoms with Gasteiger partial charge < -0.3 is 0 Å². The molecule has 6 heteroatoms. The lowest BCUT2D eigenvalue weighted by Gasteiger charge is -2.33. The van der Waals surface area contributed by atoms with Gasteiger partial charge in [-0.25, -0.2) is 0 Å². The second-order valence-electron chi connectivity index (χ2n) is 6.08. The zero-order valence-corrected chi connectivity index (χ0v) is 13.8. The molecule has 1 saturated heterocycles. The van der Waals surface area contributed by atoms with Crippen molar-refractivity contribution in [2.24, 2.45) is 5.10 Å². The highest BCUT2D eigenvalue weighted by Crippen LogP contribution is 2.28. The Labute approximate surface area is 145 Å². The predicted octanol–water partition coefficient (Wildman–Crippen LogP) is 3.86. The quantitative estimate of drug-likeness (QED) is 0.782. The van der Waals surface area contributed by atoms with Gasteiger partial charge in [-0.3, -0.25) is 9.91 Å². The maximum Gasteiger partial charge on any atom is 0.416 e. The maximum atomic E-state index is 12.5. The number of hydrogen-bond acceptors (Lipinski definition) is 3. The Morgan fingerprint density at radius 2 is 1.52 bits per heavy atom. The molecule has 0 aliphatic carbocycles. The Morgan fingerprint density at radius 1 is 0.880 bits per heavy atom. The fourth-order valence-corrected chi connectivity index (χ4v) is 2.76. The van der Waals surface area contributed by atoms with Crippen LogP contribution in [0.5, 0.6) is 0 Å². The monoisotopic (exact) mass is 347 g/mol. The summed E-state index contributed by atoms with van der Waals surface area (Å²) in [6, 6.07) is 15.4. The Morgan fingerprint density at radius 3 is 2.12 bits per heavy atom. The minimum atomic E-state index is -4.30. The van der Waals surface area contributed by atoms with E-state index in [4.69, 9.17) is 0 Å². The molecule has 1 aliphatic rings. The molecule has 1 heterocycles. The minimum Gasteiger partial charge on any atom is -0.295 e. The molecule has 0 atom stereocenters. The third-order valence-electron chi connectivity index (χ3n) is 4.21. The van der Waals surface area contributed by atoms with Gasteiger partial charge in [0.1, 0.15) is 0 Å². The average molecular weight is 347 g/mol. The van der Waals surface area contributed by atoms with Gasteiger partial charge in [-0.2, -0.15) is 18.3 Å². The molecule has 0 unspecified atom stereocenters. The fraction of sp³-hybridized carbons (Fsp3) is 0.316. The summed E-state index contributed by atoms with van der Waals surface area (Å²) >= 11 is 0. The van der Waals surface area contributed by atoms with Crippen molar-refractivity contribution in [1.82, 2.24) is 9.91 Å². The summed E-state index contributed by atoms with van der Waals surface area (Å²) in [5, 5.41) is 6.34. The van der Waals surface area contributed by atoms with Gasteiger partial charge >= 0.3 is 6.18 Å². The smallest absolute Gasteiger partial charge is 0.295 e. The van der Waals surface area contributed by atoms with E-state index in [0.29, 0.717) is 5.56 Å². The lowest BCUT2D eigenvalue weighted by atomic mass is 10.1. The van der Waals surface area contributed by atoms with E-state index < -0.39 is 11.7 Å². The van der Waals surface area contributed by atoms with E-state index in [1.54, 1.807) is 6.21 Å². The summed E-state index contributed by atoms with van der Waals surface area (Å²) in [5.41, 5.74) is 1.32. The summed E-state index contributed by atoms with van der Waals surface area (Å²) < 4.78 is 37.6. The molecule has 0 radical (unpaired) electrons. The molecule has 2 aromatic carbocycles. The summed E-state index contributed by atoms with van der Waals surface area (Å²) in [6.07, 6.45) is -2.68. The van der Waals surface area contributed by atoms with Gasteiger partial charge in [-0.1, -0.05) is 42.5 Å². The van der Waals surface area contributed by atoms with E-state index >= 15 is 0 Å². The molecule has 132 valence electrons. The summed E-state index contributed by atoms with van der Waals surface area (Å²) in [5.74, 6) is 0. The van der Waals surface area contributed by atoms with Gasteiger partial charge in [0.15, 0.2) is 0 Å². The van der Waals surface area contributed by atoms with Crippen molar-refractivity contribution in [3.63, 3.8) is 0 Å². The van der Waals surface area contributed by atoms with E-state index in [-0.39, 0.29) is 0 Å². The normalized spacial score (nSPS) is 16.5. The molecule has 0 spiro atoms. The highest BCUT2D eigenvalue weighted by Gasteiger charge is 2.29. The van der Waals surface area contributed by atoms with Crippen LogP contribution in [0.2, 0.25) is 0 Å². The Hall–Kier alpha value is -2.34. The number of alkyl halides is 3. The topological polar surface area (TPSA) is 18.8 Å². The van der Waals surface area contributed by atoms with Gasteiger partial charge in [0.05, 0.1) is 11.8 Å². The summed E-state index contributed by atoms with van der Waals surface area (Å²) in [6.45, 7) is 4.38. The molecule has 2 aromatic rings. The van der Waals surface area contributed by atoms with Crippen LogP contribution in [-0.2, 0) is 12.7 Å². The Balaban J connectivity index is 1.49. The zero-order chi connectivity index (χ0) is 17.7. The standard InChI is InChI=1S/C19H20F3N3/c20-19(21,22)18-8-6-16(7-9-18)14-23-25-12-10-24(11-13-25)15-17-4-2-1-3-5-17/h1-9,14H,10-13,15H2/b23-14-. The second kappa shape index (κ2) is 7.70. The first kappa shape index (κ1) is 17.5. The molecule has 1 fully saturated rings. The lowest BCUT2D eigenvalue weighted by molar-refractivity contribution is -0.137. The van der Waals surface area contributed by atoms with Crippen molar-refractivity contribution < 1.29 is 13.2 Å². The van der Waals surface area contributed by atoms with Gasteiger partial charge in [0.2, 0.25) is 0 Å². The second-order valence-corrected chi connectivity index (χ2v) is 6.08. The van der Waals surface area contributed by atoms with E-state index in [1.165, 1.54) is 17.7 Å². The van der Waals surface area contributed by atoms with Crippen LogP contribution >= 0.6 is 0 Å². The van der Waals surface area contributed by atoms with Crippen molar-refractivity contribution in [3.8, 4) is 0 Å². The van der Waals surface area contributed by atoms with Crippen LogP contribution in [0.25, 0.3) is 0 Å². The van der Waals surface area contributed by atoms with E-state index in [2.05, 4.69) is 22.1 Å². The number of rotatable bonds is 4. The molecule has 0 aromatic heterocycles. The van der Waals surface area contributed by atoms with Crippen molar-refractivity contribution in [2.45, 2.75) is 12.7 Å². The highest BCUT2D eigenvalue weighted by molar-refractivity contribution is 5.79. The maximum absolute atomic E-state index is 12.5. The number of halogens is 3. The molecule has 1 aliphatic heterocycles. The fourth-order valence-electron chi connectivity index (χ4n) is 2.76. The van der Waals surface area contributed by atoms with Gasteiger partial charge in [0, 0.05) is 32.7 Å². The molecule has 0 bridgehead atoms. The SMILES string of the molecule is FC(F)(F)c1ccc(/C=N\N2CCN(Cc3ccccc3)CC2)cc1. The first-order chi connectivity index (χ1) is 12.0. The van der Waals surface area contributed by atoms with Crippen LogP contribution in [-0.4, -0.2) is 42.3 Å². The summed E-state index contributed by atoms with van der Waals surface area (Å²) in [7, 11) is 0. The highest BCUT2D eigenvalue weighted by atomic mass is 19.4. The molecule has 0 saturated carbocycles. The lowest BCUT2D eigenvalue weighted by Crippen LogP contribution is -2.43. The molecular weight excluding hydrogens is 327 g/mol. The van der Waals surface area contributed by atoms with Gasteiger partial charge in [-0.05, 0) is 23.3 Å².